The van der Waals surface area contributed by atoms with E-state index >= 15 is 0 Å². The van der Waals surface area contributed by atoms with Crippen molar-refractivity contribution >= 4 is 70.1 Å². The van der Waals surface area contributed by atoms with Crippen molar-refractivity contribution in [2.75, 3.05) is 4.90 Å². The van der Waals surface area contributed by atoms with E-state index in [1.807, 2.05) is 11.3 Å². The van der Waals surface area contributed by atoms with Gasteiger partial charge in [-0.15, -0.1) is 11.3 Å². The number of hydrogen-bond acceptors (Lipinski definition) is 2. The highest BCUT2D eigenvalue weighted by Gasteiger charge is 2.20. The molecule has 0 saturated carbocycles. The minimum absolute atomic E-state index is 1.16. The molecule has 6 aromatic carbocycles. The molecular formula is C33H23NS. The first kappa shape index (κ1) is 20.3. The summed E-state index contributed by atoms with van der Waals surface area (Å²) < 4.78 is 2.68. The van der Waals surface area contributed by atoms with E-state index < -0.39 is 0 Å². The van der Waals surface area contributed by atoms with Crippen LogP contribution in [0.4, 0.5) is 17.1 Å². The summed E-state index contributed by atoms with van der Waals surface area (Å²) in [7, 11) is 0. The standard InChI is InChI=1S/C33H23NS/c1-22-11-5-10-18-29(22)34(24-13-3-2-4-14-24)30-21-31-32(27-17-9-8-16-26(27)30)28-20-19-23-12-6-7-15-25(23)33(28)35-31/h2-21H,1H3. The Morgan fingerprint density at radius 2 is 1.23 bits per heavy atom. The zero-order valence-corrected chi connectivity index (χ0v) is 20.2. The fraction of sp³-hybridized carbons (Fsp3) is 0.0303. The number of fused-ring (bicyclic) bond motifs is 7. The van der Waals surface area contributed by atoms with Gasteiger partial charge >= 0.3 is 0 Å². The Labute approximate surface area is 208 Å². The lowest BCUT2D eigenvalue weighted by molar-refractivity contribution is 1.26. The third kappa shape index (κ3) is 3.14. The van der Waals surface area contributed by atoms with Crippen molar-refractivity contribution in [1.29, 1.82) is 0 Å². The lowest BCUT2D eigenvalue weighted by atomic mass is 9.99. The lowest BCUT2D eigenvalue weighted by Crippen LogP contribution is -2.11. The van der Waals surface area contributed by atoms with E-state index in [0.717, 1.165) is 5.69 Å². The number of benzene rings is 6. The number of thiophene rings is 1. The van der Waals surface area contributed by atoms with Crippen LogP contribution in [0.1, 0.15) is 5.56 Å². The second-order valence-corrected chi connectivity index (χ2v) is 10.1. The smallest absolute Gasteiger partial charge is 0.0554 e. The highest BCUT2D eigenvalue weighted by Crippen LogP contribution is 2.47. The minimum Gasteiger partial charge on any atom is -0.310 e. The van der Waals surface area contributed by atoms with Crippen molar-refractivity contribution in [2.24, 2.45) is 0 Å². The van der Waals surface area contributed by atoms with Gasteiger partial charge in [0.25, 0.3) is 0 Å². The average molecular weight is 466 g/mol. The summed E-state index contributed by atoms with van der Waals surface area (Å²) in [5, 5.41) is 7.88. The molecule has 0 saturated heterocycles. The zero-order valence-electron chi connectivity index (χ0n) is 19.4. The summed E-state index contributed by atoms with van der Waals surface area (Å²) >= 11 is 1.91. The molecule has 0 aliphatic carbocycles. The first-order chi connectivity index (χ1) is 17.3. The van der Waals surface area contributed by atoms with Crippen LogP contribution in [0.15, 0.2) is 121 Å². The number of rotatable bonds is 3. The van der Waals surface area contributed by atoms with Gasteiger partial charge in [0.2, 0.25) is 0 Å². The van der Waals surface area contributed by atoms with Crippen LogP contribution >= 0.6 is 11.3 Å². The van der Waals surface area contributed by atoms with Crippen LogP contribution in [0, 0.1) is 6.92 Å². The summed E-state index contributed by atoms with van der Waals surface area (Å²) in [6.07, 6.45) is 0. The fourth-order valence-electron chi connectivity index (χ4n) is 5.33. The minimum atomic E-state index is 1.16. The van der Waals surface area contributed by atoms with Gasteiger partial charge < -0.3 is 4.90 Å². The van der Waals surface area contributed by atoms with Gasteiger partial charge in [-0.1, -0.05) is 97.1 Å². The quantitative estimate of drug-likeness (QED) is 0.251. The summed E-state index contributed by atoms with van der Waals surface area (Å²) in [6, 6.07) is 43.9. The molecule has 0 unspecified atom stereocenters. The van der Waals surface area contributed by atoms with Gasteiger partial charge in [-0.25, -0.2) is 0 Å². The van der Waals surface area contributed by atoms with Crippen LogP contribution in [-0.2, 0) is 0 Å². The van der Waals surface area contributed by atoms with Crippen molar-refractivity contribution in [3.05, 3.63) is 127 Å². The Hall–Kier alpha value is -4.14. The molecule has 166 valence electrons. The molecule has 0 fully saturated rings. The SMILES string of the molecule is Cc1ccccc1N(c1ccccc1)c1cc2sc3c4ccccc4ccc3c2c2ccccc12. The predicted octanol–water partition coefficient (Wildman–Crippen LogP) is 10.1. The Bertz CT molecular complexity index is 1860. The van der Waals surface area contributed by atoms with Crippen LogP contribution in [0.2, 0.25) is 0 Å². The lowest BCUT2D eigenvalue weighted by Gasteiger charge is -2.28. The zero-order chi connectivity index (χ0) is 23.4. The van der Waals surface area contributed by atoms with Crippen LogP contribution in [0.3, 0.4) is 0 Å². The fourth-order valence-corrected chi connectivity index (χ4v) is 6.62. The summed E-state index contributed by atoms with van der Waals surface area (Å²) in [6.45, 7) is 2.19. The van der Waals surface area contributed by atoms with Crippen LogP contribution in [0.5, 0.6) is 0 Å². The third-order valence-corrected chi connectivity index (χ3v) is 8.15. The van der Waals surface area contributed by atoms with E-state index in [1.54, 1.807) is 0 Å². The van der Waals surface area contributed by atoms with Crippen LogP contribution in [-0.4, -0.2) is 0 Å². The van der Waals surface area contributed by atoms with Crippen molar-refractivity contribution < 1.29 is 0 Å². The first-order valence-corrected chi connectivity index (χ1v) is 12.8. The molecule has 0 atom stereocenters. The number of hydrogen-bond donors (Lipinski definition) is 0. The van der Waals surface area contributed by atoms with Crippen molar-refractivity contribution in [1.82, 2.24) is 0 Å². The van der Waals surface area contributed by atoms with Gasteiger partial charge in [0.15, 0.2) is 0 Å². The molecule has 0 radical (unpaired) electrons. The number of para-hydroxylation sites is 2. The van der Waals surface area contributed by atoms with Crippen molar-refractivity contribution in [3.63, 3.8) is 0 Å². The van der Waals surface area contributed by atoms with E-state index in [2.05, 4.69) is 133 Å². The first-order valence-electron chi connectivity index (χ1n) is 12.0. The van der Waals surface area contributed by atoms with Gasteiger partial charge in [-0.3, -0.25) is 0 Å². The van der Waals surface area contributed by atoms with Crippen LogP contribution in [0.25, 0.3) is 41.7 Å². The van der Waals surface area contributed by atoms with Gasteiger partial charge in [0, 0.05) is 36.9 Å². The molecule has 1 aromatic heterocycles. The molecule has 0 amide bonds. The van der Waals surface area contributed by atoms with Gasteiger partial charge in [0.1, 0.15) is 0 Å². The summed E-state index contributed by atoms with van der Waals surface area (Å²) in [5.74, 6) is 0. The maximum absolute atomic E-state index is 2.42. The largest absolute Gasteiger partial charge is 0.310 e. The molecule has 7 rings (SSSR count). The summed E-state index contributed by atoms with van der Waals surface area (Å²) in [4.78, 5) is 2.42. The highest BCUT2D eigenvalue weighted by molar-refractivity contribution is 7.27. The monoisotopic (exact) mass is 465 g/mol. The number of nitrogens with zero attached hydrogens (tertiary/aromatic N) is 1. The second-order valence-electron chi connectivity index (χ2n) is 9.04. The molecule has 35 heavy (non-hydrogen) atoms. The molecule has 1 nitrogen and oxygen atoms in total. The maximum Gasteiger partial charge on any atom is 0.0554 e. The van der Waals surface area contributed by atoms with E-state index in [4.69, 9.17) is 0 Å². The van der Waals surface area contributed by atoms with E-state index in [9.17, 15) is 0 Å². The van der Waals surface area contributed by atoms with Crippen molar-refractivity contribution in [2.45, 2.75) is 6.92 Å². The van der Waals surface area contributed by atoms with Gasteiger partial charge in [-0.2, -0.15) is 0 Å². The van der Waals surface area contributed by atoms with Gasteiger partial charge in [0.05, 0.1) is 5.69 Å². The van der Waals surface area contributed by atoms with E-state index in [1.165, 1.54) is 58.7 Å². The number of anilines is 3. The Balaban J connectivity index is 1.62. The molecular weight excluding hydrogens is 442 g/mol. The molecule has 2 heteroatoms. The average Bonchev–Trinajstić information content (AvgIpc) is 3.30. The molecule has 7 aromatic rings. The molecule has 0 N–H and O–H groups in total. The Kier molecular flexibility index (Phi) is 4.61. The topological polar surface area (TPSA) is 3.24 Å². The van der Waals surface area contributed by atoms with E-state index in [-0.39, 0.29) is 0 Å². The molecule has 0 bridgehead atoms. The summed E-state index contributed by atoms with van der Waals surface area (Å²) in [5.41, 5.74) is 4.83. The Morgan fingerprint density at radius 3 is 2.06 bits per heavy atom. The Morgan fingerprint density at radius 1 is 0.543 bits per heavy atom. The third-order valence-electron chi connectivity index (χ3n) is 6.96. The molecule has 0 aliphatic heterocycles. The molecule has 0 aliphatic rings. The molecule has 1 heterocycles. The second kappa shape index (κ2) is 7.97. The van der Waals surface area contributed by atoms with Crippen molar-refractivity contribution in [3.8, 4) is 0 Å². The maximum atomic E-state index is 2.42. The number of aryl methyl sites for hydroxylation is 1. The predicted molar refractivity (Wildman–Crippen MR) is 154 cm³/mol. The molecule has 0 spiro atoms. The normalized spacial score (nSPS) is 11.6. The van der Waals surface area contributed by atoms with Gasteiger partial charge in [-0.05, 0) is 52.9 Å². The van der Waals surface area contributed by atoms with E-state index in [0.29, 0.717) is 0 Å². The van der Waals surface area contributed by atoms with Crippen LogP contribution < -0.4 is 4.90 Å². The highest BCUT2D eigenvalue weighted by atomic mass is 32.1.